The van der Waals surface area contributed by atoms with Gasteiger partial charge in [0.05, 0.1) is 6.04 Å². The first-order valence-corrected chi connectivity index (χ1v) is 7.67. The van der Waals surface area contributed by atoms with Crippen LogP contribution < -0.4 is 5.32 Å². The number of hydrogen-bond acceptors (Lipinski definition) is 2. The largest absolute Gasteiger partial charge is 0.306 e. The zero-order chi connectivity index (χ0) is 14.8. The highest BCUT2D eigenvalue weighted by molar-refractivity contribution is 7.19. The van der Waals surface area contributed by atoms with Crippen molar-refractivity contribution in [2.24, 2.45) is 0 Å². The number of nitrogens with one attached hydrogen (secondary N) is 1. The van der Waals surface area contributed by atoms with Crippen LogP contribution in [0.15, 0.2) is 48.5 Å². The molecule has 21 heavy (non-hydrogen) atoms. The van der Waals surface area contributed by atoms with Crippen LogP contribution in [-0.2, 0) is 0 Å². The molecule has 0 radical (unpaired) electrons. The van der Waals surface area contributed by atoms with Crippen LogP contribution >= 0.6 is 11.3 Å². The minimum atomic E-state index is -0.248. The summed E-state index contributed by atoms with van der Waals surface area (Å²) in [5.74, 6) is -0.482. The second-order valence-electron chi connectivity index (χ2n) is 4.88. The topological polar surface area (TPSA) is 12.0 Å². The Labute approximate surface area is 126 Å². The first-order chi connectivity index (χ1) is 10.2. The van der Waals surface area contributed by atoms with E-state index < -0.39 is 0 Å². The molecule has 0 amide bonds. The highest BCUT2D eigenvalue weighted by Gasteiger charge is 2.16. The smallest absolute Gasteiger partial charge is 0.124 e. The van der Waals surface area contributed by atoms with Crippen LogP contribution in [0.5, 0.6) is 0 Å². The van der Waals surface area contributed by atoms with Gasteiger partial charge in [0.25, 0.3) is 0 Å². The molecule has 0 fully saturated rings. The van der Waals surface area contributed by atoms with E-state index in [1.54, 1.807) is 12.1 Å². The number of thiophene rings is 1. The zero-order valence-corrected chi connectivity index (χ0v) is 12.4. The quantitative estimate of drug-likeness (QED) is 0.724. The van der Waals surface area contributed by atoms with Crippen LogP contribution in [0.25, 0.3) is 10.1 Å². The van der Waals surface area contributed by atoms with Crippen molar-refractivity contribution in [2.75, 3.05) is 6.54 Å². The minimum Gasteiger partial charge on any atom is -0.306 e. The van der Waals surface area contributed by atoms with E-state index in [0.717, 1.165) is 27.1 Å². The summed E-state index contributed by atoms with van der Waals surface area (Å²) in [6.45, 7) is 2.78. The maximum Gasteiger partial charge on any atom is 0.124 e. The monoisotopic (exact) mass is 303 g/mol. The van der Waals surface area contributed by atoms with Gasteiger partial charge in [-0.15, -0.1) is 11.3 Å². The van der Waals surface area contributed by atoms with Gasteiger partial charge < -0.3 is 5.32 Å². The van der Waals surface area contributed by atoms with Gasteiger partial charge in [-0.1, -0.05) is 25.1 Å². The lowest BCUT2D eigenvalue weighted by Crippen LogP contribution is -2.21. The van der Waals surface area contributed by atoms with Crippen molar-refractivity contribution < 1.29 is 8.78 Å². The second kappa shape index (κ2) is 5.92. The third kappa shape index (κ3) is 2.96. The van der Waals surface area contributed by atoms with Crippen molar-refractivity contribution in [1.82, 2.24) is 5.32 Å². The van der Waals surface area contributed by atoms with Crippen molar-refractivity contribution in [1.29, 1.82) is 0 Å². The van der Waals surface area contributed by atoms with E-state index in [-0.39, 0.29) is 17.7 Å². The fourth-order valence-electron chi connectivity index (χ4n) is 2.44. The van der Waals surface area contributed by atoms with Gasteiger partial charge >= 0.3 is 0 Å². The summed E-state index contributed by atoms with van der Waals surface area (Å²) in [4.78, 5) is 1.06. The van der Waals surface area contributed by atoms with Gasteiger partial charge in [0.15, 0.2) is 0 Å². The first kappa shape index (κ1) is 14.2. The summed E-state index contributed by atoms with van der Waals surface area (Å²) in [7, 11) is 0. The van der Waals surface area contributed by atoms with E-state index in [1.807, 2.05) is 19.1 Å². The van der Waals surface area contributed by atoms with Gasteiger partial charge in [-0.3, -0.25) is 0 Å². The van der Waals surface area contributed by atoms with Crippen molar-refractivity contribution in [3.8, 4) is 0 Å². The molecule has 2 aromatic carbocycles. The van der Waals surface area contributed by atoms with E-state index in [2.05, 4.69) is 5.32 Å². The van der Waals surface area contributed by atoms with Crippen molar-refractivity contribution in [2.45, 2.75) is 13.0 Å². The Morgan fingerprint density at radius 1 is 1.05 bits per heavy atom. The molecule has 108 valence electrons. The van der Waals surface area contributed by atoms with Crippen LogP contribution in [0.2, 0.25) is 0 Å². The summed E-state index contributed by atoms with van der Waals surface area (Å²) in [6.07, 6.45) is 0. The van der Waals surface area contributed by atoms with Gasteiger partial charge in [-0.2, -0.15) is 0 Å². The fraction of sp³-hybridized carbons (Fsp3) is 0.176. The molecule has 1 atom stereocenters. The molecule has 0 saturated carbocycles. The summed E-state index contributed by atoms with van der Waals surface area (Å²) in [6, 6.07) is 13.3. The SMILES string of the molecule is CCNC(c1cccc(F)c1)c1cc2ccc(F)cc2s1. The van der Waals surface area contributed by atoms with Crippen LogP contribution in [-0.4, -0.2) is 6.54 Å². The van der Waals surface area contributed by atoms with Crippen LogP contribution in [0.1, 0.15) is 23.4 Å². The van der Waals surface area contributed by atoms with E-state index >= 15 is 0 Å². The molecule has 1 aromatic heterocycles. The molecule has 0 aliphatic carbocycles. The predicted molar refractivity (Wildman–Crippen MR) is 83.7 cm³/mol. The number of hydrogen-bond donors (Lipinski definition) is 1. The Kier molecular flexibility index (Phi) is 3.99. The number of benzene rings is 2. The Bertz CT molecular complexity index is 766. The molecule has 0 saturated heterocycles. The molecule has 4 heteroatoms. The standard InChI is InChI=1S/C17H15F2NS/c1-2-20-17(12-4-3-5-13(18)8-12)16-9-11-6-7-14(19)10-15(11)21-16/h3-10,17,20H,2H2,1H3. The third-order valence-corrected chi connectivity index (χ3v) is 4.54. The molecule has 1 heterocycles. The van der Waals surface area contributed by atoms with Gasteiger partial charge in [0.2, 0.25) is 0 Å². The summed E-state index contributed by atoms with van der Waals surface area (Å²) in [5.41, 5.74) is 0.879. The maximum atomic E-state index is 13.5. The number of halogens is 2. The van der Waals surface area contributed by atoms with E-state index in [9.17, 15) is 8.78 Å². The fourth-order valence-corrected chi connectivity index (χ4v) is 3.63. The number of rotatable bonds is 4. The summed E-state index contributed by atoms with van der Waals surface area (Å²) in [5, 5.41) is 4.38. The first-order valence-electron chi connectivity index (χ1n) is 6.85. The minimum absolute atomic E-state index is 0.0776. The van der Waals surface area contributed by atoms with Crippen molar-refractivity contribution >= 4 is 21.4 Å². The summed E-state index contributed by atoms with van der Waals surface area (Å²) < 4.78 is 27.7. The highest BCUT2D eigenvalue weighted by atomic mass is 32.1. The molecule has 0 spiro atoms. The molecular weight excluding hydrogens is 288 g/mol. The summed E-state index contributed by atoms with van der Waals surface area (Å²) >= 11 is 1.54. The molecule has 3 aromatic rings. The lowest BCUT2D eigenvalue weighted by Gasteiger charge is -2.16. The van der Waals surface area contributed by atoms with E-state index in [1.165, 1.54) is 35.6 Å². The molecule has 1 N–H and O–H groups in total. The van der Waals surface area contributed by atoms with Crippen molar-refractivity contribution in [3.05, 3.63) is 70.6 Å². The molecular formula is C17H15F2NS. The van der Waals surface area contributed by atoms with Gasteiger partial charge in [-0.25, -0.2) is 8.78 Å². The average Bonchev–Trinajstić information content (AvgIpc) is 2.87. The molecule has 0 aliphatic heterocycles. The molecule has 3 rings (SSSR count). The second-order valence-corrected chi connectivity index (χ2v) is 5.99. The lowest BCUT2D eigenvalue weighted by molar-refractivity contribution is 0.607. The molecule has 0 bridgehead atoms. The average molecular weight is 303 g/mol. The Hall–Kier alpha value is -1.78. The molecule has 1 nitrogen and oxygen atoms in total. The van der Waals surface area contributed by atoms with Gasteiger partial charge in [0.1, 0.15) is 11.6 Å². The van der Waals surface area contributed by atoms with Crippen molar-refractivity contribution in [3.63, 3.8) is 0 Å². The van der Waals surface area contributed by atoms with Crippen LogP contribution in [0.3, 0.4) is 0 Å². The number of fused-ring (bicyclic) bond motifs is 1. The maximum absolute atomic E-state index is 13.5. The van der Waals surface area contributed by atoms with Gasteiger partial charge in [-0.05, 0) is 47.8 Å². The molecule has 0 aliphatic rings. The lowest BCUT2D eigenvalue weighted by atomic mass is 10.0. The zero-order valence-electron chi connectivity index (χ0n) is 11.6. The van der Waals surface area contributed by atoms with Crippen LogP contribution in [0.4, 0.5) is 8.78 Å². The molecule has 1 unspecified atom stereocenters. The third-order valence-electron chi connectivity index (χ3n) is 3.38. The highest BCUT2D eigenvalue weighted by Crippen LogP contribution is 2.33. The van der Waals surface area contributed by atoms with Gasteiger partial charge in [0, 0.05) is 9.58 Å². The normalized spacial score (nSPS) is 12.7. The van der Waals surface area contributed by atoms with E-state index in [0.29, 0.717) is 0 Å². The van der Waals surface area contributed by atoms with Crippen LogP contribution in [0, 0.1) is 11.6 Å². The Balaban J connectivity index is 2.06. The van der Waals surface area contributed by atoms with E-state index in [4.69, 9.17) is 0 Å². The predicted octanol–water partition coefficient (Wildman–Crippen LogP) is 4.88. The Morgan fingerprint density at radius 2 is 1.86 bits per heavy atom. The Morgan fingerprint density at radius 3 is 2.62 bits per heavy atom.